The molecule has 0 radical (unpaired) electrons. The van der Waals surface area contributed by atoms with Crippen LogP contribution in [0.3, 0.4) is 0 Å². The molecule has 136 valence electrons. The predicted octanol–water partition coefficient (Wildman–Crippen LogP) is 2.50. The lowest BCUT2D eigenvalue weighted by Crippen LogP contribution is -2.35. The number of hydrogen-bond donors (Lipinski definition) is 1. The van der Waals surface area contributed by atoms with Gasteiger partial charge < -0.3 is 15.0 Å². The Balaban J connectivity index is 1.66. The summed E-state index contributed by atoms with van der Waals surface area (Å²) in [5, 5.41) is 2.57. The van der Waals surface area contributed by atoms with Crippen LogP contribution in [0.5, 0.6) is 0 Å². The SMILES string of the molecule is O=C(CCl)NC[C@H]1CN(c2ccc(N3CCCCC3)c(F)c2)C(=O)O1. The molecule has 25 heavy (non-hydrogen) atoms. The molecule has 2 aliphatic rings. The van der Waals surface area contributed by atoms with Crippen molar-refractivity contribution in [1.82, 2.24) is 5.32 Å². The van der Waals surface area contributed by atoms with Gasteiger partial charge in [-0.2, -0.15) is 0 Å². The minimum atomic E-state index is -0.546. The summed E-state index contributed by atoms with van der Waals surface area (Å²) in [7, 11) is 0. The van der Waals surface area contributed by atoms with Gasteiger partial charge in [-0.25, -0.2) is 9.18 Å². The summed E-state index contributed by atoms with van der Waals surface area (Å²) in [5.41, 5.74) is 1.02. The van der Waals surface area contributed by atoms with Crippen molar-refractivity contribution in [2.75, 3.05) is 41.9 Å². The Morgan fingerprint density at radius 2 is 2.08 bits per heavy atom. The van der Waals surface area contributed by atoms with Gasteiger partial charge >= 0.3 is 6.09 Å². The van der Waals surface area contributed by atoms with Crippen LogP contribution in [-0.2, 0) is 9.53 Å². The molecule has 2 saturated heterocycles. The molecule has 0 aliphatic carbocycles. The highest BCUT2D eigenvalue weighted by atomic mass is 35.5. The summed E-state index contributed by atoms with van der Waals surface area (Å²) in [5.74, 6) is -0.813. The molecular formula is C17H21ClFN3O3. The van der Waals surface area contributed by atoms with Gasteiger partial charge in [-0.1, -0.05) is 0 Å². The Morgan fingerprint density at radius 1 is 1.32 bits per heavy atom. The van der Waals surface area contributed by atoms with Crippen molar-refractivity contribution in [2.45, 2.75) is 25.4 Å². The van der Waals surface area contributed by atoms with Crippen molar-refractivity contribution in [3.05, 3.63) is 24.0 Å². The Kier molecular flexibility index (Phi) is 5.63. The van der Waals surface area contributed by atoms with Crippen LogP contribution in [0.4, 0.5) is 20.6 Å². The van der Waals surface area contributed by atoms with Gasteiger partial charge in [0.2, 0.25) is 5.91 Å². The van der Waals surface area contributed by atoms with Crippen LogP contribution in [0, 0.1) is 5.82 Å². The van der Waals surface area contributed by atoms with Gasteiger partial charge in [-0.15, -0.1) is 11.6 Å². The van der Waals surface area contributed by atoms with Crippen LogP contribution in [-0.4, -0.2) is 50.2 Å². The van der Waals surface area contributed by atoms with Crippen molar-refractivity contribution in [2.24, 2.45) is 0 Å². The fourth-order valence-electron chi connectivity index (χ4n) is 3.17. The summed E-state index contributed by atoms with van der Waals surface area (Å²) in [6.45, 7) is 2.14. The number of amides is 2. The number of alkyl halides is 1. The number of piperidine rings is 1. The third kappa shape index (κ3) is 4.15. The molecular weight excluding hydrogens is 349 g/mol. The average Bonchev–Trinajstić information content (AvgIpc) is 3.01. The van der Waals surface area contributed by atoms with E-state index in [9.17, 15) is 14.0 Å². The second-order valence-corrected chi connectivity index (χ2v) is 6.50. The normalized spacial score (nSPS) is 20.6. The maximum atomic E-state index is 14.5. The number of carbonyl (C=O) groups is 2. The molecule has 2 heterocycles. The zero-order valence-electron chi connectivity index (χ0n) is 13.8. The predicted molar refractivity (Wildman–Crippen MR) is 93.8 cm³/mol. The van der Waals surface area contributed by atoms with Crippen molar-refractivity contribution >= 4 is 35.0 Å². The highest BCUT2D eigenvalue weighted by Crippen LogP contribution is 2.29. The first kappa shape index (κ1) is 17.8. The molecule has 0 saturated carbocycles. The molecule has 0 bridgehead atoms. The number of hydrogen-bond acceptors (Lipinski definition) is 4. The number of nitrogens with one attached hydrogen (secondary N) is 1. The van der Waals surface area contributed by atoms with Crippen molar-refractivity contribution in [3.63, 3.8) is 0 Å². The van der Waals surface area contributed by atoms with E-state index >= 15 is 0 Å². The van der Waals surface area contributed by atoms with Gasteiger partial charge in [0.05, 0.1) is 24.5 Å². The highest BCUT2D eigenvalue weighted by Gasteiger charge is 2.33. The maximum absolute atomic E-state index is 14.5. The van der Waals surface area contributed by atoms with Crippen molar-refractivity contribution < 1.29 is 18.7 Å². The van der Waals surface area contributed by atoms with Crippen LogP contribution in [0.2, 0.25) is 0 Å². The molecule has 6 nitrogen and oxygen atoms in total. The van der Waals surface area contributed by atoms with E-state index in [-0.39, 0.29) is 30.7 Å². The fourth-order valence-corrected chi connectivity index (χ4v) is 3.26. The number of halogens is 2. The lowest BCUT2D eigenvalue weighted by atomic mass is 10.1. The number of ether oxygens (including phenoxy) is 1. The Morgan fingerprint density at radius 3 is 2.76 bits per heavy atom. The van der Waals surface area contributed by atoms with Crippen LogP contribution >= 0.6 is 11.6 Å². The monoisotopic (exact) mass is 369 g/mol. The molecule has 2 aliphatic heterocycles. The summed E-state index contributed by atoms with van der Waals surface area (Å²) < 4.78 is 19.7. The van der Waals surface area contributed by atoms with Crippen LogP contribution in [0.1, 0.15) is 19.3 Å². The van der Waals surface area contributed by atoms with E-state index in [0.717, 1.165) is 25.9 Å². The minimum Gasteiger partial charge on any atom is -0.442 e. The third-order valence-corrected chi connectivity index (χ3v) is 4.70. The van der Waals surface area contributed by atoms with Crippen LogP contribution in [0.15, 0.2) is 18.2 Å². The number of rotatable bonds is 5. The van der Waals surface area contributed by atoms with Gasteiger partial charge in [-0.3, -0.25) is 9.69 Å². The number of carbonyl (C=O) groups excluding carboxylic acids is 2. The van der Waals surface area contributed by atoms with Gasteiger partial charge in [0, 0.05) is 13.1 Å². The smallest absolute Gasteiger partial charge is 0.414 e. The zero-order chi connectivity index (χ0) is 17.8. The molecule has 3 rings (SSSR count). The molecule has 0 spiro atoms. The van der Waals surface area contributed by atoms with Gasteiger partial charge in [0.15, 0.2) is 0 Å². The van der Waals surface area contributed by atoms with E-state index in [4.69, 9.17) is 16.3 Å². The first-order valence-corrected chi connectivity index (χ1v) is 8.97. The molecule has 0 aromatic heterocycles. The zero-order valence-corrected chi connectivity index (χ0v) is 14.6. The molecule has 2 amide bonds. The molecule has 2 fully saturated rings. The van der Waals surface area contributed by atoms with E-state index < -0.39 is 12.2 Å². The fraction of sp³-hybridized carbons (Fsp3) is 0.529. The largest absolute Gasteiger partial charge is 0.442 e. The molecule has 1 aromatic rings. The van der Waals surface area contributed by atoms with Crippen molar-refractivity contribution in [1.29, 1.82) is 0 Å². The third-order valence-electron chi connectivity index (χ3n) is 4.46. The lowest BCUT2D eigenvalue weighted by Gasteiger charge is -2.29. The number of benzene rings is 1. The molecule has 8 heteroatoms. The molecule has 1 aromatic carbocycles. The minimum absolute atomic E-state index is 0.145. The number of anilines is 2. The van der Waals surface area contributed by atoms with Gasteiger partial charge in [0.1, 0.15) is 17.8 Å². The Hall–Kier alpha value is -2.02. The van der Waals surface area contributed by atoms with E-state index in [1.807, 2.05) is 4.90 Å². The second-order valence-electron chi connectivity index (χ2n) is 6.24. The average molecular weight is 370 g/mol. The van der Waals surface area contributed by atoms with Crippen LogP contribution < -0.4 is 15.1 Å². The number of cyclic esters (lactones) is 1. The maximum Gasteiger partial charge on any atom is 0.414 e. The van der Waals surface area contributed by atoms with Crippen LogP contribution in [0.25, 0.3) is 0 Å². The summed E-state index contributed by atoms with van der Waals surface area (Å²) in [4.78, 5) is 26.6. The molecule has 1 N–H and O–H groups in total. The summed E-state index contributed by atoms with van der Waals surface area (Å²) in [6.07, 6.45) is 2.28. The Labute approximate surface area is 150 Å². The van der Waals surface area contributed by atoms with E-state index in [0.29, 0.717) is 11.4 Å². The first-order chi connectivity index (χ1) is 12.1. The summed E-state index contributed by atoms with van der Waals surface area (Å²) in [6, 6.07) is 4.81. The van der Waals surface area contributed by atoms with Gasteiger partial charge in [-0.05, 0) is 37.5 Å². The molecule has 1 atom stereocenters. The Bertz CT molecular complexity index is 652. The van der Waals surface area contributed by atoms with Crippen molar-refractivity contribution in [3.8, 4) is 0 Å². The lowest BCUT2D eigenvalue weighted by molar-refractivity contribution is -0.119. The molecule has 0 unspecified atom stereocenters. The quantitative estimate of drug-likeness (QED) is 0.810. The standard InChI is InChI=1S/C17H21ClFN3O3/c18-9-16(23)20-10-13-11-22(17(24)25-13)12-4-5-15(14(19)8-12)21-6-2-1-3-7-21/h4-5,8,13H,1-3,6-7,9-11H2,(H,20,23)/t13-/m0/s1. The number of nitrogens with zero attached hydrogens (tertiary/aromatic N) is 2. The van der Waals surface area contributed by atoms with E-state index in [1.165, 1.54) is 17.4 Å². The highest BCUT2D eigenvalue weighted by molar-refractivity contribution is 6.27. The topological polar surface area (TPSA) is 61.9 Å². The van der Waals surface area contributed by atoms with E-state index in [2.05, 4.69) is 5.32 Å². The first-order valence-electron chi connectivity index (χ1n) is 8.44. The van der Waals surface area contributed by atoms with E-state index in [1.54, 1.807) is 12.1 Å². The van der Waals surface area contributed by atoms with Gasteiger partial charge in [0.25, 0.3) is 0 Å². The second kappa shape index (κ2) is 7.91. The summed E-state index contributed by atoms with van der Waals surface area (Å²) >= 11 is 5.41.